The van der Waals surface area contributed by atoms with Crippen LogP contribution in [0.5, 0.6) is 0 Å². The molecule has 5 atom stereocenters. The molecular formula is C22H25ClF2O5. The molecule has 0 amide bonds. The molecule has 0 aliphatic carbocycles. The molecule has 1 fully saturated rings. The van der Waals surface area contributed by atoms with E-state index in [9.17, 15) is 29.2 Å². The minimum absolute atomic E-state index is 0.00518. The summed E-state index contributed by atoms with van der Waals surface area (Å²) in [5.74, 6) is -1.98. The van der Waals surface area contributed by atoms with E-state index in [4.69, 9.17) is 16.3 Å². The third-order valence-corrected chi connectivity index (χ3v) is 5.85. The van der Waals surface area contributed by atoms with E-state index in [0.29, 0.717) is 16.1 Å². The Hall–Kier alpha value is -1.61. The van der Waals surface area contributed by atoms with Crippen molar-refractivity contribution in [2.75, 3.05) is 6.61 Å². The van der Waals surface area contributed by atoms with Gasteiger partial charge in [0.2, 0.25) is 0 Å². The Morgan fingerprint density at radius 3 is 2.30 bits per heavy atom. The monoisotopic (exact) mass is 442 g/mol. The van der Waals surface area contributed by atoms with Crippen LogP contribution in [0.4, 0.5) is 8.78 Å². The lowest BCUT2D eigenvalue weighted by molar-refractivity contribution is -0.231. The van der Waals surface area contributed by atoms with E-state index < -0.39 is 48.8 Å². The Bertz CT molecular complexity index is 905. The van der Waals surface area contributed by atoms with Crippen LogP contribution in [0, 0.1) is 11.6 Å². The van der Waals surface area contributed by atoms with Crippen LogP contribution < -0.4 is 0 Å². The molecule has 5 nitrogen and oxygen atoms in total. The maximum absolute atomic E-state index is 14.6. The van der Waals surface area contributed by atoms with Gasteiger partial charge in [0.05, 0.1) is 6.61 Å². The molecule has 4 N–H and O–H groups in total. The molecule has 2 aromatic carbocycles. The molecule has 0 aromatic heterocycles. The third kappa shape index (κ3) is 4.37. The van der Waals surface area contributed by atoms with E-state index in [0.717, 1.165) is 0 Å². The van der Waals surface area contributed by atoms with Crippen LogP contribution in [0.2, 0.25) is 5.02 Å². The van der Waals surface area contributed by atoms with E-state index in [-0.39, 0.29) is 23.5 Å². The maximum atomic E-state index is 14.6. The fraction of sp³-hybridized carbons (Fsp3) is 0.455. The highest BCUT2D eigenvalue weighted by Gasteiger charge is 2.44. The predicted molar refractivity (Wildman–Crippen MR) is 107 cm³/mol. The summed E-state index contributed by atoms with van der Waals surface area (Å²) in [6.45, 7) is 3.01. The third-order valence-electron chi connectivity index (χ3n) is 5.49. The van der Waals surface area contributed by atoms with E-state index in [1.165, 1.54) is 12.1 Å². The molecule has 0 spiro atoms. The predicted octanol–water partition coefficient (Wildman–Crippen LogP) is 2.85. The molecule has 0 radical (unpaired) electrons. The van der Waals surface area contributed by atoms with Crippen LogP contribution in [0.25, 0.3) is 0 Å². The number of hydrogen-bond donors (Lipinski definition) is 4. The number of hydrogen-bond acceptors (Lipinski definition) is 5. The second-order valence-electron chi connectivity index (χ2n) is 7.87. The Balaban J connectivity index is 1.92. The van der Waals surface area contributed by atoms with Gasteiger partial charge in [0.15, 0.2) is 11.6 Å². The van der Waals surface area contributed by atoms with Crippen molar-refractivity contribution >= 4 is 11.6 Å². The first-order valence-electron chi connectivity index (χ1n) is 9.71. The van der Waals surface area contributed by atoms with Crippen molar-refractivity contribution in [2.45, 2.75) is 56.7 Å². The van der Waals surface area contributed by atoms with Crippen molar-refractivity contribution in [2.24, 2.45) is 0 Å². The zero-order valence-corrected chi connectivity index (χ0v) is 17.4. The van der Waals surface area contributed by atoms with Crippen molar-refractivity contribution in [3.8, 4) is 0 Å². The Labute approximate surface area is 178 Å². The fourth-order valence-electron chi connectivity index (χ4n) is 3.68. The largest absolute Gasteiger partial charge is 0.394 e. The highest BCUT2D eigenvalue weighted by Crippen LogP contribution is 2.35. The van der Waals surface area contributed by atoms with Gasteiger partial charge in [-0.2, -0.15) is 0 Å². The molecule has 2 aromatic rings. The second-order valence-corrected chi connectivity index (χ2v) is 8.28. The van der Waals surface area contributed by atoms with Gasteiger partial charge in [-0.05, 0) is 34.2 Å². The number of ether oxygens (including phenoxy) is 1. The zero-order valence-electron chi connectivity index (χ0n) is 16.6. The quantitative estimate of drug-likeness (QED) is 0.571. The summed E-state index contributed by atoms with van der Waals surface area (Å²) in [6, 6.07) is 7.74. The van der Waals surface area contributed by atoms with Gasteiger partial charge < -0.3 is 25.2 Å². The van der Waals surface area contributed by atoms with Crippen LogP contribution in [-0.4, -0.2) is 51.4 Å². The fourth-order valence-corrected chi connectivity index (χ4v) is 3.86. The molecule has 1 aliphatic rings. The van der Waals surface area contributed by atoms with Crippen LogP contribution in [0.1, 0.15) is 48.1 Å². The molecule has 0 unspecified atom stereocenters. The van der Waals surface area contributed by atoms with Gasteiger partial charge in [0.25, 0.3) is 0 Å². The first kappa shape index (κ1) is 23.1. The average Bonchev–Trinajstić information content (AvgIpc) is 2.71. The van der Waals surface area contributed by atoms with Gasteiger partial charge in [0, 0.05) is 11.4 Å². The Kier molecular flexibility index (Phi) is 7.12. The number of benzene rings is 2. The van der Waals surface area contributed by atoms with Crippen LogP contribution in [-0.2, 0) is 11.2 Å². The molecule has 30 heavy (non-hydrogen) atoms. The molecule has 3 rings (SSSR count). The number of aliphatic hydroxyl groups is 4. The van der Waals surface area contributed by atoms with E-state index in [1.54, 1.807) is 32.0 Å². The second kappa shape index (κ2) is 9.26. The molecule has 164 valence electrons. The van der Waals surface area contributed by atoms with Crippen LogP contribution in [0.3, 0.4) is 0 Å². The van der Waals surface area contributed by atoms with E-state index in [1.807, 2.05) is 0 Å². The molecule has 1 heterocycles. The van der Waals surface area contributed by atoms with Crippen molar-refractivity contribution in [3.63, 3.8) is 0 Å². The smallest absolute Gasteiger partial charge is 0.162 e. The van der Waals surface area contributed by atoms with Crippen molar-refractivity contribution < 1.29 is 33.9 Å². The van der Waals surface area contributed by atoms with Gasteiger partial charge in [-0.3, -0.25) is 0 Å². The summed E-state index contributed by atoms with van der Waals surface area (Å²) in [4.78, 5) is 0. The van der Waals surface area contributed by atoms with Crippen LogP contribution >= 0.6 is 11.6 Å². The lowest BCUT2D eigenvalue weighted by Gasteiger charge is -2.40. The average molecular weight is 443 g/mol. The zero-order chi connectivity index (χ0) is 22.2. The molecule has 0 bridgehead atoms. The summed E-state index contributed by atoms with van der Waals surface area (Å²) in [5, 5.41) is 40.0. The van der Waals surface area contributed by atoms with Gasteiger partial charge >= 0.3 is 0 Å². The summed E-state index contributed by atoms with van der Waals surface area (Å²) in [7, 11) is 0. The maximum Gasteiger partial charge on any atom is 0.162 e. The first-order valence-corrected chi connectivity index (χ1v) is 10.1. The van der Waals surface area contributed by atoms with Crippen molar-refractivity contribution in [1.82, 2.24) is 0 Å². The molecule has 1 aliphatic heterocycles. The topological polar surface area (TPSA) is 90.2 Å². The van der Waals surface area contributed by atoms with Gasteiger partial charge in [0.1, 0.15) is 30.5 Å². The van der Waals surface area contributed by atoms with Gasteiger partial charge in [-0.1, -0.05) is 49.7 Å². The standard InChI is InChI=1S/C22H25ClF2O5/c1-10(2)14-5-3-11(17(24)18(14)25)7-13-8-12(4-6-15(13)23)22-21(29)20(28)19(27)16(9-26)30-22/h3-6,8,10,16,19-22,26-29H,7,9H2,1-2H3/t16-,19-,20+,21-,22+/m1/s1. The molecule has 8 heteroatoms. The number of rotatable bonds is 5. The first-order chi connectivity index (χ1) is 14.1. The minimum atomic E-state index is -1.52. The van der Waals surface area contributed by atoms with Gasteiger partial charge in [-0.25, -0.2) is 8.78 Å². The number of aliphatic hydroxyl groups excluding tert-OH is 4. The summed E-state index contributed by atoms with van der Waals surface area (Å²) >= 11 is 6.25. The minimum Gasteiger partial charge on any atom is -0.394 e. The highest BCUT2D eigenvalue weighted by atomic mass is 35.5. The summed E-state index contributed by atoms with van der Waals surface area (Å²) in [5.41, 5.74) is 1.31. The number of halogens is 3. The van der Waals surface area contributed by atoms with E-state index >= 15 is 0 Å². The Morgan fingerprint density at radius 1 is 0.967 bits per heavy atom. The normalized spacial score (nSPS) is 26.9. The highest BCUT2D eigenvalue weighted by molar-refractivity contribution is 6.31. The molecule has 0 saturated carbocycles. The van der Waals surface area contributed by atoms with Gasteiger partial charge in [-0.15, -0.1) is 0 Å². The van der Waals surface area contributed by atoms with Crippen molar-refractivity contribution in [3.05, 3.63) is 69.2 Å². The van der Waals surface area contributed by atoms with E-state index in [2.05, 4.69) is 0 Å². The SMILES string of the molecule is CC(C)c1ccc(Cc2cc([C@@H]3O[C@H](CO)[C@@H](O)[C@H](O)[C@H]3O)ccc2Cl)c(F)c1F. The Morgan fingerprint density at radius 2 is 1.67 bits per heavy atom. The summed E-state index contributed by atoms with van der Waals surface area (Å²) in [6.07, 6.45) is -6.52. The summed E-state index contributed by atoms with van der Waals surface area (Å²) < 4.78 is 34.5. The lowest BCUT2D eigenvalue weighted by Crippen LogP contribution is -2.55. The lowest BCUT2D eigenvalue weighted by atomic mass is 9.90. The molecular weight excluding hydrogens is 418 g/mol. The molecule has 1 saturated heterocycles. The van der Waals surface area contributed by atoms with Crippen LogP contribution in [0.15, 0.2) is 30.3 Å². The van der Waals surface area contributed by atoms with Crippen molar-refractivity contribution in [1.29, 1.82) is 0 Å².